The van der Waals surface area contributed by atoms with Crippen LogP contribution in [0, 0.1) is 5.82 Å². The fourth-order valence-electron chi connectivity index (χ4n) is 3.77. The Labute approximate surface area is 180 Å². The molecule has 158 valence electrons. The minimum absolute atomic E-state index is 0.0680. The molecule has 4 rings (SSSR count). The van der Waals surface area contributed by atoms with Gasteiger partial charge in [0.2, 0.25) is 0 Å². The van der Waals surface area contributed by atoms with E-state index in [1.165, 1.54) is 18.3 Å². The molecule has 2 heterocycles. The number of rotatable bonds is 6. The third-order valence-corrected chi connectivity index (χ3v) is 5.53. The summed E-state index contributed by atoms with van der Waals surface area (Å²) in [5.41, 5.74) is 2.49. The molecule has 1 saturated heterocycles. The molecule has 0 spiro atoms. The molecular weight excluding hydrogens is 393 g/mol. The van der Waals surface area contributed by atoms with Crippen LogP contribution in [0.25, 0.3) is 11.3 Å². The lowest BCUT2D eigenvalue weighted by molar-refractivity contribution is 0.0859. The predicted octanol–water partition coefficient (Wildman–Crippen LogP) is 3.96. The Morgan fingerprint density at radius 2 is 1.74 bits per heavy atom. The number of nitrogens with zero attached hydrogens (tertiary/aromatic N) is 2. The van der Waals surface area contributed by atoms with E-state index < -0.39 is 0 Å². The highest BCUT2D eigenvalue weighted by Gasteiger charge is 2.23. The van der Waals surface area contributed by atoms with Crippen molar-refractivity contribution in [1.82, 2.24) is 15.2 Å². The molecule has 1 amide bonds. The number of amides is 1. The summed E-state index contributed by atoms with van der Waals surface area (Å²) in [5, 5.41) is 3.06. The monoisotopic (exact) mass is 417 g/mol. The quantitative estimate of drug-likeness (QED) is 0.617. The summed E-state index contributed by atoms with van der Waals surface area (Å²) in [5.74, 6) is -0.373. The van der Waals surface area contributed by atoms with Crippen LogP contribution in [-0.4, -0.2) is 47.3 Å². The molecule has 1 aromatic heterocycles. The number of halogens is 1. The minimum Gasteiger partial charge on any atom is -0.349 e. The van der Waals surface area contributed by atoms with Crippen LogP contribution in [0.15, 0.2) is 72.9 Å². The van der Waals surface area contributed by atoms with Crippen molar-refractivity contribution in [2.75, 3.05) is 19.6 Å². The van der Waals surface area contributed by atoms with Crippen molar-refractivity contribution >= 4 is 11.7 Å². The average Bonchev–Trinajstić information content (AvgIpc) is 2.81. The Bertz CT molecular complexity index is 1050. The zero-order valence-corrected chi connectivity index (χ0v) is 17.1. The molecule has 0 unspecified atom stereocenters. The lowest BCUT2D eigenvalue weighted by Crippen LogP contribution is -2.45. The number of nitrogens with one attached hydrogen (secondary N) is 1. The first-order chi connectivity index (χ1) is 15.1. The third-order valence-electron chi connectivity index (χ3n) is 5.53. The standard InChI is InChI=1S/C25H24FN3O2/c26-21-8-4-7-19(15-21)23-10-9-20(16-27-23)25(31)28-22-11-13-29(14-12-22)17-24(30)18-5-2-1-3-6-18/h1-10,15-16,22H,11-14,17H2,(H,28,31). The second-order valence-electron chi connectivity index (χ2n) is 7.76. The van der Waals surface area contributed by atoms with Crippen molar-refractivity contribution in [1.29, 1.82) is 0 Å². The number of Topliss-reactive ketones (excluding diaryl/α,β-unsaturated/α-hetero) is 1. The highest BCUT2D eigenvalue weighted by Crippen LogP contribution is 2.18. The van der Waals surface area contributed by atoms with Gasteiger partial charge in [0.05, 0.1) is 17.8 Å². The van der Waals surface area contributed by atoms with E-state index in [0.717, 1.165) is 31.5 Å². The van der Waals surface area contributed by atoms with Gasteiger partial charge in [-0.1, -0.05) is 42.5 Å². The molecule has 1 fully saturated rings. The summed E-state index contributed by atoms with van der Waals surface area (Å²) >= 11 is 0. The van der Waals surface area contributed by atoms with Crippen molar-refractivity contribution in [3.63, 3.8) is 0 Å². The lowest BCUT2D eigenvalue weighted by Gasteiger charge is -2.31. The van der Waals surface area contributed by atoms with Crippen molar-refractivity contribution in [3.05, 3.63) is 89.9 Å². The van der Waals surface area contributed by atoms with Gasteiger partial charge in [0.1, 0.15) is 5.82 Å². The minimum atomic E-state index is -0.321. The van der Waals surface area contributed by atoms with E-state index in [0.29, 0.717) is 23.4 Å². The summed E-state index contributed by atoms with van der Waals surface area (Å²) in [6.45, 7) is 1.93. The number of pyridine rings is 1. The van der Waals surface area contributed by atoms with Crippen molar-refractivity contribution in [3.8, 4) is 11.3 Å². The number of piperidine rings is 1. The van der Waals surface area contributed by atoms with Gasteiger partial charge in [-0.15, -0.1) is 0 Å². The van der Waals surface area contributed by atoms with Crippen LogP contribution >= 0.6 is 0 Å². The van der Waals surface area contributed by atoms with Crippen LogP contribution in [0.1, 0.15) is 33.6 Å². The molecule has 1 aliphatic rings. The Morgan fingerprint density at radius 3 is 2.42 bits per heavy atom. The third kappa shape index (κ3) is 5.41. The number of carbonyl (C=O) groups is 2. The second-order valence-corrected chi connectivity index (χ2v) is 7.76. The van der Waals surface area contributed by atoms with E-state index in [-0.39, 0.29) is 23.5 Å². The maximum Gasteiger partial charge on any atom is 0.253 e. The molecule has 0 saturated carbocycles. The largest absolute Gasteiger partial charge is 0.349 e. The van der Waals surface area contributed by atoms with Crippen LogP contribution in [0.3, 0.4) is 0 Å². The number of carbonyl (C=O) groups excluding carboxylic acids is 2. The van der Waals surface area contributed by atoms with Gasteiger partial charge in [-0.25, -0.2) is 4.39 Å². The zero-order valence-electron chi connectivity index (χ0n) is 17.1. The van der Waals surface area contributed by atoms with Gasteiger partial charge in [0, 0.05) is 36.5 Å². The number of aromatic nitrogens is 1. The molecule has 31 heavy (non-hydrogen) atoms. The fourth-order valence-corrected chi connectivity index (χ4v) is 3.77. The summed E-state index contributed by atoms with van der Waals surface area (Å²) in [7, 11) is 0. The second kappa shape index (κ2) is 9.62. The van der Waals surface area contributed by atoms with Crippen molar-refractivity contribution in [2.45, 2.75) is 18.9 Å². The van der Waals surface area contributed by atoms with Gasteiger partial charge in [-0.2, -0.15) is 0 Å². The Balaban J connectivity index is 1.27. The molecule has 1 N–H and O–H groups in total. The number of hydrogen-bond acceptors (Lipinski definition) is 4. The summed E-state index contributed by atoms with van der Waals surface area (Å²) in [6, 6.07) is 19.0. The molecule has 0 bridgehead atoms. The van der Waals surface area contributed by atoms with E-state index in [4.69, 9.17) is 0 Å². The maximum absolute atomic E-state index is 13.4. The van der Waals surface area contributed by atoms with Gasteiger partial charge in [-0.05, 0) is 37.1 Å². The first-order valence-corrected chi connectivity index (χ1v) is 10.4. The summed E-state index contributed by atoms with van der Waals surface area (Å²) in [4.78, 5) is 31.4. The molecule has 6 heteroatoms. The molecule has 3 aromatic rings. The Kier molecular flexibility index (Phi) is 6.48. The lowest BCUT2D eigenvalue weighted by atomic mass is 10.0. The zero-order chi connectivity index (χ0) is 21.6. The molecular formula is C25H24FN3O2. The number of likely N-dealkylation sites (tertiary alicyclic amines) is 1. The molecule has 1 aliphatic heterocycles. The van der Waals surface area contributed by atoms with E-state index in [1.807, 2.05) is 30.3 Å². The van der Waals surface area contributed by atoms with E-state index in [1.54, 1.807) is 24.3 Å². The van der Waals surface area contributed by atoms with E-state index >= 15 is 0 Å². The normalized spacial score (nSPS) is 14.9. The molecule has 2 aromatic carbocycles. The highest BCUT2D eigenvalue weighted by atomic mass is 19.1. The summed E-state index contributed by atoms with van der Waals surface area (Å²) in [6.07, 6.45) is 3.11. The van der Waals surface area contributed by atoms with E-state index in [2.05, 4.69) is 15.2 Å². The first kappa shape index (κ1) is 20.9. The van der Waals surface area contributed by atoms with Crippen LogP contribution in [0.4, 0.5) is 4.39 Å². The molecule has 0 atom stereocenters. The number of ketones is 1. The van der Waals surface area contributed by atoms with Crippen molar-refractivity contribution < 1.29 is 14.0 Å². The molecule has 5 nitrogen and oxygen atoms in total. The maximum atomic E-state index is 13.4. The number of hydrogen-bond donors (Lipinski definition) is 1. The topological polar surface area (TPSA) is 62.3 Å². The Hall–Kier alpha value is -3.38. The van der Waals surface area contributed by atoms with Crippen molar-refractivity contribution in [2.24, 2.45) is 0 Å². The molecule has 0 radical (unpaired) electrons. The van der Waals surface area contributed by atoms with Crippen LogP contribution in [-0.2, 0) is 0 Å². The van der Waals surface area contributed by atoms with E-state index in [9.17, 15) is 14.0 Å². The highest BCUT2D eigenvalue weighted by molar-refractivity contribution is 5.97. The fraction of sp³-hybridized carbons (Fsp3) is 0.240. The summed E-state index contributed by atoms with van der Waals surface area (Å²) < 4.78 is 13.4. The van der Waals surface area contributed by atoms with Gasteiger partial charge in [0.15, 0.2) is 5.78 Å². The van der Waals surface area contributed by atoms with Crippen LogP contribution in [0.5, 0.6) is 0 Å². The van der Waals surface area contributed by atoms with Crippen LogP contribution < -0.4 is 5.32 Å². The Morgan fingerprint density at radius 1 is 0.968 bits per heavy atom. The molecule has 0 aliphatic carbocycles. The van der Waals surface area contributed by atoms with Gasteiger partial charge in [0.25, 0.3) is 5.91 Å². The SMILES string of the molecule is O=C(CN1CCC(NC(=O)c2ccc(-c3cccc(F)c3)nc2)CC1)c1ccccc1. The first-order valence-electron chi connectivity index (χ1n) is 10.4. The van der Waals surface area contributed by atoms with Gasteiger partial charge >= 0.3 is 0 Å². The predicted molar refractivity (Wildman–Crippen MR) is 117 cm³/mol. The van der Waals surface area contributed by atoms with Gasteiger partial charge < -0.3 is 5.32 Å². The number of benzene rings is 2. The average molecular weight is 417 g/mol. The van der Waals surface area contributed by atoms with Crippen LogP contribution in [0.2, 0.25) is 0 Å². The van der Waals surface area contributed by atoms with Gasteiger partial charge in [-0.3, -0.25) is 19.5 Å². The smallest absolute Gasteiger partial charge is 0.253 e.